The molecule has 0 aliphatic carbocycles. The number of rotatable bonds is 6. The van der Waals surface area contributed by atoms with Gasteiger partial charge in [0, 0.05) is 62.5 Å². The second kappa shape index (κ2) is 9.04. The first kappa shape index (κ1) is 21.3. The molecule has 3 aliphatic rings. The van der Waals surface area contributed by atoms with Crippen LogP contribution in [-0.2, 0) is 16.1 Å². The monoisotopic (exact) mass is 415 g/mol. The van der Waals surface area contributed by atoms with Gasteiger partial charge >= 0.3 is 0 Å². The fourth-order valence-electron chi connectivity index (χ4n) is 5.64. The Morgan fingerprint density at radius 1 is 1.33 bits per heavy atom. The molecule has 0 bridgehead atoms. The SMILES string of the molecule is C/C=C\c1ccc2n(c1=O)C[C@H]1[C@H](CO)[C@@H](C(=O)NCC)N(CC3CCOCC3)[C@@H]21. The van der Waals surface area contributed by atoms with Crippen molar-refractivity contribution in [2.75, 3.05) is 32.9 Å². The molecule has 0 radical (unpaired) electrons. The fourth-order valence-corrected chi connectivity index (χ4v) is 5.64. The molecule has 0 spiro atoms. The highest BCUT2D eigenvalue weighted by Crippen LogP contribution is 2.49. The van der Waals surface area contributed by atoms with Gasteiger partial charge in [-0.1, -0.05) is 12.2 Å². The fraction of sp³-hybridized carbons (Fsp3) is 0.652. The summed E-state index contributed by atoms with van der Waals surface area (Å²) in [6.45, 7) is 7.18. The molecule has 7 nitrogen and oxygen atoms in total. The van der Waals surface area contributed by atoms with E-state index in [1.54, 1.807) is 0 Å². The minimum Gasteiger partial charge on any atom is -0.396 e. The van der Waals surface area contributed by atoms with Gasteiger partial charge in [-0.15, -0.1) is 0 Å². The lowest BCUT2D eigenvalue weighted by atomic mass is 9.88. The van der Waals surface area contributed by atoms with Gasteiger partial charge in [-0.3, -0.25) is 14.5 Å². The molecule has 1 aromatic heterocycles. The summed E-state index contributed by atoms with van der Waals surface area (Å²) in [6, 6.07) is 3.53. The Bertz CT molecular complexity index is 858. The van der Waals surface area contributed by atoms with Gasteiger partial charge in [-0.05, 0) is 44.7 Å². The molecule has 4 atom stereocenters. The molecule has 4 rings (SSSR count). The third kappa shape index (κ3) is 3.63. The van der Waals surface area contributed by atoms with E-state index in [4.69, 9.17) is 4.74 Å². The number of nitrogens with zero attached hydrogens (tertiary/aromatic N) is 2. The number of aliphatic hydroxyl groups is 1. The van der Waals surface area contributed by atoms with Crippen molar-refractivity contribution in [1.29, 1.82) is 0 Å². The van der Waals surface area contributed by atoms with Gasteiger partial charge in [0.1, 0.15) is 0 Å². The molecule has 0 unspecified atom stereocenters. The largest absolute Gasteiger partial charge is 0.396 e. The topological polar surface area (TPSA) is 83.8 Å². The predicted molar refractivity (Wildman–Crippen MR) is 115 cm³/mol. The van der Waals surface area contributed by atoms with Gasteiger partial charge in [0.15, 0.2) is 0 Å². The molecule has 30 heavy (non-hydrogen) atoms. The second-order valence-corrected chi connectivity index (χ2v) is 8.68. The van der Waals surface area contributed by atoms with Crippen LogP contribution in [0.25, 0.3) is 6.08 Å². The van der Waals surface area contributed by atoms with Gasteiger partial charge in [-0.2, -0.15) is 0 Å². The van der Waals surface area contributed by atoms with E-state index in [1.165, 1.54) is 0 Å². The maximum Gasteiger partial charge on any atom is 0.258 e. The number of amides is 1. The number of allylic oxidation sites excluding steroid dienone is 1. The van der Waals surface area contributed by atoms with Crippen LogP contribution in [0, 0.1) is 17.8 Å². The van der Waals surface area contributed by atoms with E-state index >= 15 is 0 Å². The summed E-state index contributed by atoms with van der Waals surface area (Å²) in [5.41, 5.74) is 1.66. The molecule has 1 amide bonds. The number of carbonyl (C=O) groups is 1. The van der Waals surface area contributed by atoms with Crippen LogP contribution in [-0.4, -0.2) is 59.4 Å². The zero-order chi connectivity index (χ0) is 21.3. The van der Waals surface area contributed by atoms with E-state index < -0.39 is 0 Å². The smallest absolute Gasteiger partial charge is 0.258 e. The number of likely N-dealkylation sites (N-methyl/N-ethyl adjacent to an activating group) is 1. The number of aliphatic hydroxyl groups excluding tert-OH is 1. The molecular weight excluding hydrogens is 382 g/mol. The van der Waals surface area contributed by atoms with E-state index in [1.807, 2.05) is 42.7 Å². The standard InChI is InChI=1S/C23H33N3O4/c1-3-5-16-6-7-19-20-17(13-25(19)23(16)29)18(14-27)21(22(28)24-4-2)26(20)12-15-8-10-30-11-9-15/h3,5-7,15,17-18,20-21,27H,4,8-14H2,1-2H3,(H,24,28)/b5-3-/t17-,18-,20+,21-/m0/s1. The molecule has 164 valence electrons. The number of hydrogen-bond acceptors (Lipinski definition) is 5. The van der Waals surface area contributed by atoms with E-state index in [-0.39, 0.29) is 42.0 Å². The summed E-state index contributed by atoms with van der Waals surface area (Å²) >= 11 is 0. The Kier molecular flexibility index (Phi) is 6.41. The summed E-state index contributed by atoms with van der Waals surface area (Å²) in [7, 11) is 0. The molecular formula is C23H33N3O4. The van der Waals surface area contributed by atoms with Crippen molar-refractivity contribution in [2.24, 2.45) is 17.8 Å². The first-order valence-electron chi connectivity index (χ1n) is 11.2. The van der Waals surface area contributed by atoms with Gasteiger partial charge in [0.2, 0.25) is 5.91 Å². The molecule has 1 aromatic rings. The van der Waals surface area contributed by atoms with Gasteiger partial charge in [0.05, 0.1) is 12.1 Å². The number of likely N-dealkylation sites (tertiary alicyclic amines) is 1. The summed E-state index contributed by atoms with van der Waals surface area (Å²) in [6.07, 6.45) is 5.67. The molecule has 4 heterocycles. The van der Waals surface area contributed by atoms with Crippen molar-refractivity contribution in [3.05, 3.63) is 39.8 Å². The van der Waals surface area contributed by atoms with E-state index in [2.05, 4.69) is 10.2 Å². The quantitative estimate of drug-likeness (QED) is 0.734. The van der Waals surface area contributed by atoms with Crippen molar-refractivity contribution in [3.8, 4) is 0 Å². The summed E-state index contributed by atoms with van der Waals surface area (Å²) in [5.74, 6) is 0.302. The Labute approximate surface area is 177 Å². The third-order valence-corrected chi connectivity index (χ3v) is 7.00. The molecule has 0 aromatic carbocycles. The van der Waals surface area contributed by atoms with Crippen LogP contribution in [0.5, 0.6) is 0 Å². The number of ether oxygens (including phenoxy) is 1. The predicted octanol–water partition coefficient (Wildman–Crippen LogP) is 1.41. The van der Waals surface area contributed by atoms with Crippen LogP contribution in [0.15, 0.2) is 23.0 Å². The summed E-state index contributed by atoms with van der Waals surface area (Å²) in [5, 5.41) is 13.3. The highest BCUT2D eigenvalue weighted by atomic mass is 16.5. The van der Waals surface area contributed by atoms with Gasteiger partial charge in [0.25, 0.3) is 5.56 Å². The molecule has 3 aliphatic heterocycles. The average Bonchev–Trinajstić information content (AvgIpc) is 3.27. The number of aromatic nitrogens is 1. The van der Waals surface area contributed by atoms with E-state index in [0.29, 0.717) is 24.6 Å². The minimum atomic E-state index is -0.369. The lowest BCUT2D eigenvalue weighted by Gasteiger charge is -2.34. The van der Waals surface area contributed by atoms with E-state index in [9.17, 15) is 14.7 Å². The van der Waals surface area contributed by atoms with E-state index in [0.717, 1.165) is 38.3 Å². The Morgan fingerprint density at radius 3 is 2.77 bits per heavy atom. The van der Waals surface area contributed by atoms with Crippen molar-refractivity contribution in [2.45, 2.75) is 45.3 Å². The van der Waals surface area contributed by atoms with Gasteiger partial charge in [-0.25, -0.2) is 0 Å². The molecule has 2 saturated heterocycles. The maximum atomic E-state index is 13.0. The van der Waals surface area contributed by atoms with Gasteiger partial charge < -0.3 is 19.7 Å². The maximum absolute atomic E-state index is 13.0. The van der Waals surface area contributed by atoms with Crippen molar-refractivity contribution < 1.29 is 14.6 Å². The minimum absolute atomic E-state index is 0.0114. The molecule has 7 heteroatoms. The van der Waals surface area contributed by atoms with Crippen LogP contribution >= 0.6 is 0 Å². The van der Waals surface area contributed by atoms with Crippen LogP contribution in [0.2, 0.25) is 0 Å². The summed E-state index contributed by atoms with van der Waals surface area (Å²) < 4.78 is 7.38. The Balaban J connectivity index is 1.73. The van der Waals surface area contributed by atoms with Crippen LogP contribution in [0.4, 0.5) is 0 Å². The Morgan fingerprint density at radius 2 is 2.10 bits per heavy atom. The summed E-state index contributed by atoms with van der Waals surface area (Å²) in [4.78, 5) is 28.4. The zero-order valence-corrected chi connectivity index (χ0v) is 17.9. The highest BCUT2D eigenvalue weighted by molar-refractivity contribution is 5.82. The second-order valence-electron chi connectivity index (χ2n) is 8.68. The average molecular weight is 416 g/mol. The number of hydrogen-bond donors (Lipinski definition) is 2. The first-order valence-corrected chi connectivity index (χ1v) is 11.2. The number of carbonyl (C=O) groups excluding carboxylic acids is 1. The van der Waals surface area contributed by atoms with Crippen molar-refractivity contribution >= 4 is 12.0 Å². The first-order chi connectivity index (χ1) is 14.6. The lowest BCUT2D eigenvalue weighted by Crippen LogP contribution is -2.49. The van der Waals surface area contributed by atoms with Crippen molar-refractivity contribution in [1.82, 2.24) is 14.8 Å². The molecule has 2 N–H and O–H groups in total. The number of pyridine rings is 1. The van der Waals surface area contributed by atoms with Crippen LogP contribution in [0.1, 0.15) is 44.0 Å². The third-order valence-electron chi connectivity index (χ3n) is 7.00. The highest BCUT2D eigenvalue weighted by Gasteiger charge is 2.55. The Hall–Kier alpha value is -1.96. The number of nitrogens with one attached hydrogen (secondary N) is 1. The molecule has 2 fully saturated rings. The normalized spacial score (nSPS) is 29.3. The molecule has 0 saturated carbocycles. The van der Waals surface area contributed by atoms with Crippen LogP contribution in [0.3, 0.4) is 0 Å². The zero-order valence-electron chi connectivity index (χ0n) is 17.9. The van der Waals surface area contributed by atoms with Crippen molar-refractivity contribution in [3.63, 3.8) is 0 Å². The number of fused-ring (bicyclic) bond motifs is 3. The van der Waals surface area contributed by atoms with Crippen LogP contribution < -0.4 is 10.9 Å². The lowest BCUT2D eigenvalue weighted by molar-refractivity contribution is -0.128.